The zero-order valence-corrected chi connectivity index (χ0v) is 13.5. The first-order chi connectivity index (χ1) is 11.2. The molecular weight excluding hydrogens is 290 g/mol. The molecule has 0 saturated carbocycles. The smallest absolute Gasteiger partial charge is 0.238 e. The molecule has 5 heteroatoms. The Labute approximate surface area is 137 Å². The summed E-state index contributed by atoms with van der Waals surface area (Å²) in [5, 5.41) is 12.2. The molecule has 122 valence electrons. The molecule has 3 atom stereocenters. The zero-order valence-electron chi connectivity index (χ0n) is 13.5. The average molecular weight is 313 g/mol. The van der Waals surface area contributed by atoms with Gasteiger partial charge in [0.05, 0.1) is 18.7 Å². The molecule has 1 saturated heterocycles. The van der Waals surface area contributed by atoms with Crippen molar-refractivity contribution in [3.8, 4) is 6.07 Å². The summed E-state index contributed by atoms with van der Waals surface area (Å²) in [6.07, 6.45) is 1.80. The van der Waals surface area contributed by atoms with E-state index in [4.69, 9.17) is 4.74 Å². The lowest BCUT2D eigenvalue weighted by molar-refractivity contribution is -0.126. The molecule has 1 aromatic rings. The van der Waals surface area contributed by atoms with Crippen LogP contribution in [0.5, 0.6) is 0 Å². The lowest BCUT2D eigenvalue weighted by atomic mass is 9.98. The molecule has 0 aromatic heterocycles. The number of hydrogen-bond donors (Lipinski definition) is 1. The van der Waals surface area contributed by atoms with Crippen LogP contribution in [0.4, 0.5) is 0 Å². The average Bonchev–Trinajstić information content (AvgIpc) is 3.12. The number of nitrogens with one attached hydrogen (secondary N) is 1. The molecule has 1 N–H and O–H groups in total. The lowest BCUT2D eigenvalue weighted by Crippen LogP contribution is -2.51. The zero-order chi connectivity index (χ0) is 16.2. The third-order valence-electron chi connectivity index (χ3n) is 4.96. The summed E-state index contributed by atoms with van der Waals surface area (Å²) in [7, 11) is 0. The van der Waals surface area contributed by atoms with Gasteiger partial charge < -0.3 is 10.1 Å². The Morgan fingerprint density at radius 2 is 2.22 bits per heavy atom. The molecule has 23 heavy (non-hydrogen) atoms. The Kier molecular flexibility index (Phi) is 4.94. The van der Waals surface area contributed by atoms with Crippen LogP contribution < -0.4 is 5.32 Å². The summed E-state index contributed by atoms with van der Waals surface area (Å²) < 4.78 is 5.32. The minimum Gasteiger partial charge on any atom is -0.381 e. The van der Waals surface area contributed by atoms with Gasteiger partial charge in [0.25, 0.3) is 0 Å². The fraction of sp³-hybridized carbons (Fsp3) is 0.556. The quantitative estimate of drug-likeness (QED) is 0.914. The molecule has 1 amide bonds. The van der Waals surface area contributed by atoms with Gasteiger partial charge in [0, 0.05) is 25.6 Å². The molecule has 0 bridgehead atoms. The van der Waals surface area contributed by atoms with Crippen molar-refractivity contribution in [2.45, 2.75) is 38.4 Å². The molecule has 0 radical (unpaired) electrons. The maximum Gasteiger partial charge on any atom is 0.238 e. The van der Waals surface area contributed by atoms with Crippen molar-refractivity contribution in [2.75, 3.05) is 19.8 Å². The van der Waals surface area contributed by atoms with Gasteiger partial charge in [0.2, 0.25) is 5.91 Å². The number of nitriles is 1. The molecule has 2 aliphatic rings. The minimum absolute atomic E-state index is 0.0668. The summed E-state index contributed by atoms with van der Waals surface area (Å²) in [6, 6.07) is 9.91. The Morgan fingerprint density at radius 3 is 2.91 bits per heavy atom. The largest absolute Gasteiger partial charge is 0.381 e. The third-order valence-corrected chi connectivity index (χ3v) is 4.96. The van der Waals surface area contributed by atoms with Crippen molar-refractivity contribution < 1.29 is 9.53 Å². The van der Waals surface area contributed by atoms with E-state index in [2.05, 4.69) is 34.5 Å². The van der Waals surface area contributed by atoms with Crippen LogP contribution in [0.2, 0.25) is 0 Å². The minimum atomic E-state index is -0.454. The summed E-state index contributed by atoms with van der Waals surface area (Å²) in [5.74, 6) is 0.0427. The van der Waals surface area contributed by atoms with E-state index in [0.29, 0.717) is 13.2 Å². The summed E-state index contributed by atoms with van der Waals surface area (Å²) in [6.45, 7) is 4.81. The van der Waals surface area contributed by atoms with Gasteiger partial charge in [-0.1, -0.05) is 24.3 Å². The Balaban J connectivity index is 1.60. The van der Waals surface area contributed by atoms with E-state index in [1.165, 1.54) is 11.1 Å². The molecule has 2 heterocycles. The number of carbonyl (C=O) groups excluding carboxylic acids is 1. The number of carbonyl (C=O) groups is 1. The van der Waals surface area contributed by atoms with Crippen LogP contribution in [0.25, 0.3) is 0 Å². The first kappa shape index (κ1) is 16.0. The first-order valence-electron chi connectivity index (χ1n) is 8.27. The summed E-state index contributed by atoms with van der Waals surface area (Å²) in [5.41, 5.74) is 2.66. The molecule has 5 nitrogen and oxygen atoms in total. The van der Waals surface area contributed by atoms with Crippen molar-refractivity contribution in [2.24, 2.45) is 5.92 Å². The van der Waals surface area contributed by atoms with Crippen LogP contribution in [0.1, 0.15) is 24.5 Å². The molecule has 0 unspecified atom stereocenters. The monoisotopic (exact) mass is 313 g/mol. The molecular formula is C18H23N3O2. The van der Waals surface area contributed by atoms with Gasteiger partial charge >= 0.3 is 0 Å². The van der Waals surface area contributed by atoms with Gasteiger partial charge in [0.15, 0.2) is 0 Å². The van der Waals surface area contributed by atoms with Crippen molar-refractivity contribution in [1.82, 2.24) is 10.2 Å². The summed E-state index contributed by atoms with van der Waals surface area (Å²) in [4.78, 5) is 14.7. The van der Waals surface area contributed by atoms with E-state index in [9.17, 15) is 10.1 Å². The topological polar surface area (TPSA) is 65.4 Å². The highest BCUT2D eigenvalue weighted by atomic mass is 16.5. The fourth-order valence-corrected chi connectivity index (χ4v) is 3.36. The normalized spacial score (nSPS) is 23.6. The number of fused-ring (bicyclic) bond motifs is 1. The molecule has 1 fully saturated rings. The number of amides is 1. The van der Waals surface area contributed by atoms with Gasteiger partial charge in [-0.05, 0) is 30.9 Å². The number of hydrogen-bond acceptors (Lipinski definition) is 4. The van der Waals surface area contributed by atoms with Gasteiger partial charge in [-0.15, -0.1) is 0 Å². The Hall–Kier alpha value is -1.90. The fourth-order valence-electron chi connectivity index (χ4n) is 3.36. The molecule has 2 aliphatic heterocycles. The van der Waals surface area contributed by atoms with Crippen LogP contribution in [0.3, 0.4) is 0 Å². The van der Waals surface area contributed by atoms with Crippen LogP contribution in [0, 0.1) is 17.2 Å². The first-order valence-corrected chi connectivity index (χ1v) is 8.27. The maximum atomic E-state index is 12.5. The predicted octanol–water partition coefficient (Wildman–Crippen LogP) is 1.48. The highest BCUT2D eigenvalue weighted by Crippen LogP contribution is 2.21. The maximum absolute atomic E-state index is 12.5. The second-order valence-corrected chi connectivity index (χ2v) is 6.40. The van der Waals surface area contributed by atoms with Crippen molar-refractivity contribution in [3.05, 3.63) is 35.4 Å². The Morgan fingerprint density at radius 1 is 1.43 bits per heavy atom. The van der Waals surface area contributed by atoms with Gasteiger partial charge in [-0.25, -0.2) is 0 Å². The van der Waals surface area contributed by atoms with E-state index in [1.54, 1.807) is 0 Å². The van der Waals surface area contributed by atoms with Crippen molar-refractivity contribution in [1.29, 1.82) is 5.26 Å². The highest BCUT2D eigenvalue weighted by molar-refractivity contribution is 5.82. The van der Waals surface area contributed by atoms with Gasteiger partial charge in [0.1, 0.15) is 6.04 Å². The van der Waals surface area contributed by atoms with Crippen molar-refractivity contribution >= 4 is 5.91 Å². The van der Waals surface area contributed by atoms with E-state index in [1.807, 2.05) is 13.0 Å². The number of benzene rings is 1. The molecule has 0 aliphatic carbocycles. The number of rotatable bonds is 4. The van der Waals surface area contributed by atoms with Crippen LogP contribution >= 0.6 is 0 Å². The molecule has 0 spiro atoms. The van der Waals surface area contributed by atoms with E-state index >= 15 is 0 Å². The van der Waals surface area contributed by atoms with E-state index in [0.717, 1.165) is 25.9 Å². The number of ether oxygens (including phenoxy) is 1. The van der Waals surface area contributed by atoms with Crippen LogP contribution in [-0.4, -0.2) is 42.6 Å². The van der Waals surface area contributed by atoms with Crippen LogP contribution in [-0.2, 0) is 22.5 Å². The van der Waals surface area contributed by atoms with Gasteiger partial charge in [-0.2, -0.15) is 5.26 Å². The molecule has 1 aromatic carbocycles. The lowest BCUT2D eigenvalue weighted by Gasteiger charge is -2.33. The SMILES string of the molecule is C[C@H](C(=O)N[C@@H](C#N)[C@@H]1CCOC1)N1CCc2ccccc2C1. The van der Waals surface area contributed by atoms with Gasteiger partial charge in [-0.3, -0.25) is 9.69 Å². The predicted molar refractivity (Wildman–Crippen MR) is 86.5 cm³/mol. The second-order valence-electron chi connectivity index (χ2n) is 6.40. The number of nitrogens with zero attached hydrogens (tertiary/aromatic N) is 2. The highest BCUT2D eigenvalue weighted by Gasteiger charge is 2.31. The standard InChI is InChI=1S/C18H23N3O2/c1-13(18(22)20-17(10-19)16-7-9-23-12-16)21-8-6-14-4-2-3-5-15(14)11-21/h2-5,13,16-17H,6-9,11-12H2,1H3,(H,20,22)/t13-,16-,17+/m1/s1. The second kappa shape index (κ2) is 7.12. The van der Waals surface area contributed by atoms with Crippen molar-refractivity contribution in [3.63, 3.8) is 0 Å². The Bertz CT molecular complexity index is 605. The summed E-state index contributed by atoms with van der Waals surface area (Å²) >= 11 is 0. The van der Waals surface area contributed by atoms with E-state index in [-0.39, 0.29) is 17.9 Å². The van der Waals surface area contributed by atoms with E-state index < -0.39 is 6.04 Å². The van der Waals surface area contributed by atoms with Crippen LogP contribution in [0.15, 0.2) is 24.3 Å². The third kappa shape index (κ3) is 3.54. The molecule has 3 rings (SSSR count).